The number of rotatable bonds is 4. The molecule has 1 N–H and O–H groups in total. The molecule has 1 amide bonds. The highest BCUT2D eigenvalue weighted by molar-refractivity contribution is 5.90. The molecule has 8 nitrogen and oxygen atoms in total. The molecule has 0 aliphatic carbocycles. The van der Waals surface area contributed by atoms with Gasteiger partial charge in [0.25, 0.3) is 11.9 Å². The van der Waals surface area contributed by atoms with Crippen molar-refractivity contribution >= 4 is 11.9 Å². The maximum atomic E-state index is 11.6. The fourth-order valence-electron chi connectivity index (χ4n) is 1.32. The Bertz CT molecular complexity index is 630. The minimum atomic E-state index is -0.430. The van der Waals surface area contributed by atoms with E-state index in [4.69, 9.17) is 10.00 Å². The molecule has 0 radical (unpaired) electrons. The molecule has 0 aliphatic heterocycles. The second kappa shape index (κ2) is 5.59. The van der Waals surface area contributed by atoms with Gasteiger partial charge in [0.15, 0.2) is 6.61 Å². The lowest BCUT2D eigenvalue weighted by atomic mass is 10.2. The van der Waals surface area contributed by atoms with E-state index in [0.29, 0.717) is 11.3 Å². The third-order valence-electron chi connectivity index (χ3n) is 2.13. The maximum Gasteiger partial charge on any atom is 0.270 e. The van der Waals surface area contributed by atoms with Gasteiger partial charge in [-0.05, 0) is 17.3 Å². The number of aryl methyl sites for hydroxylation is 1. The molecule has 2 aromatic rings. The standard InChI is InChI=1S/C11H10N6O2/c1-17-15-11(14-16-17)13-10(18)7-19-9-5-3-2-4-8(9)6-12/h2-5H,7H2,1H3,(H,13,15,18). The Morgan fingerprint density at radius 1 is 1.53 bits per heavy atom. The topological polar surface area (TPSA) is 106 Å². The molecule has 2 rings (SSSR count). The summed E-state index contributed by atoms with van der Waals surface area (Å²) >= 11 is 0. The van der Waals surface area contributed by atoms with E-state index < -0.39 is 5.91 Å². The number of nitrogens with one attached hydrogen (secondary N) is 1. The largest absolute Gasteiger partial charge is 0.482 e. The van der Waals surface area contributed by atoms with Crippen LogP contribution in [0.1, 0.15) is 5.56 Å². The van der Waals surface area contributed by atoms with Gasteiger partial charge in [0.1, 0.15) is 11.8 Å². The highest BCUT2D eigenvalue weighted by Crippen LogP contribution is 2.16. The lowest BCUT2D eigenvalue weighted by Crippen LogP contribution is -2.21. The summed E-state index contributed by atoms with van der Waals surface area (Å²) in [4.78, 5) is 12.8. The van der Waals surface area contributed by atoms with Crippen LogP contribution in [0.3, 0.4) is 0 Å². The van der Waals surface area contributed by atoms with E-state index in [1.54, 1.807) is 31.3 Å². The third kappa shape index (κ3) is 3.26. The van der Waals surface area contributed by atoms with Gasteiger partial charge in [-0.1, -0.05) is 17.2 Å². The summed E-state index contributed by atoms with van der Waals surface area (Å²) in [5, 5.41) is 22.3. The minimum Gasteiger partial charge on any atom is -0.482 e. The fourth-order valence-corrected chi connectivity index (χ4v) is 1.32. The lowest BCUT2D eigenvalue weighted by molar-refractivity contribution is -0.118. The lowest BCUT2D eigenvalue weighted by Gasteiger charge is -2.06. The van der Waals surface area contributed by atoms with Gasteiger partial charge in [-0.2, -0.15) is 10.1 Å². The SMILES string of the molecule is Cn1nnc(NC(=O)COc2ccccc2C#N)n1. The zero-order chi connectivity index (χ0) is 13.7. The van der Waals surface area contributed by atoms with E-state index in [-0.39, 0.29) is 12.6 Å². The van der Waals surface area contributed by atoms with Crippen molar-refractivity contribution in [1.82, 2.24) is 20.2 Å². The van der Waals surface area contributed by atoms with Gasteiger partial charge in [0.05, 0.1) is 12.6 Å². The second-order valence-electron chi connectivity index (χ2n) is 3.55. The molecule has 19 heavy (non-hydrogen) atoms. The number of nitriles is 1. The Morgan fingerprint density at radius 3 is 3.00 bits per heavy atom. The smallest absolute Gasteiger partial charge is 0.270 e. The summed E-state index contributed by atoms with van der Waals surface area (Å²) in [5.74, 6) is 0.0256. The number of benzene rings is 1. The maximum absolute atomic E-state index is 11.6. The number of hydrogen-bond acceptors (Lipinski definition) is 6. The van der Waals surface area contributed by atoms with Crippen molar-refractivity contribution in [3.8, 4) is 11.8 Å². The quantitative estimate of drug-likeness (QED) is 0.833. The Labute approximate surface area is 108 Å². The molecule has 8 heteroatoms. The minimum absolute atomic E-state index is 0.102. The number of anilines is 1. The number of aromatic nitrogens is 4. The number of hydrogen-bond donors (Lipinski definition) is 1. The number of amides is 1. The molecule has 0 aliphatic rings. The molecular weight excluding hydrogens is 248 g/mol. The third-order valence-corrected chi connectivity index (χ3v) is 2.13. The molecule has 96 valence electrons. The molecule has 0 spiro atoms. The van der Waals surface area contributed by atoms with Crippen LogP contribution in [0.5, 0.6) is 5.75 Å². The highest BCUT2D eigenvalue weighted by Gasteiger charge is 2.09. The van der Waals surface area contributed by atoms with Crippen molar-refractivity contribution < 1.29 is 9.53 Å². The second-order valence-corrected chi connectivity index (χ2v) is 3.55. The Balaban J connectivity index is 1.92. The predicted octanol–water partition coefficient (Wildman–Crippen LogP) is 0.0993. The first-order valence-electron chi connectivity index (χ1n) is 5.35. The van der Waals surface area contributed by atoms with Crippen LogP contribution in [-0.2, 0) is 11.8 Å². The first kappa shape index (κ1) is 12.5. The summed E-state index contributed by atoms with van der Waals surface area (Å²) in [6.07, 6.45) is 0. The van der Waals surface area contributed by atoms with Crippen LogP contribution in [0.4, 0.5) is 5.95 Å². The van der Waals surface area contributed by atoms with Crippen molar-refractivity contribution in [1.29, 1.82) is 5.26 Å². The van der Waals surface area contributed by atoms with Gasteiger partial charge < -0.3 is 4.74 Å². The van der Waals surface area contributed by atoms with E-state index in [1.807, 2.05) is 6.07 Å². The summed E-state index contributed by atoms with van der Waals surface area (Å²) in [7, 11) is 1.59. The molecule has 0 saturated heterocycles. The monoisotopic (exact) mass is 258 g/mol. The van der Waals surface area contributed by atoms with E-state index in [1.165, 1.54) is 4.80 Å². The first-order chi connectivity index (χ1) is 9.19. The molecule has 1 aromatic carbocycles. The summed E-state index contributed by atoms with van der Waals surface area (Å²) in [6.45, 7) is -0.239. The van der Waals surface area contributed by atoms with E-state index in [0.717, 1.165) is 0 Å². The Hall–Kier alpha value is -2.95. The van der Waals surface area contributed by atoms with Crippen molar-refractivity contribution in [3.63, 3.8) is 0 Å². The summed E-state index contributed by atoms with van der Waals surface area (Å²) in [6, 6.07) is 8.64. The number of carbonyl (C=O) groups is 1. The van der Waals surface area contributed by atoms with Crippen molar-refractivity contribution in [2.75, 3.05) is 11.9 Å². The van der Waals surface area contributed by atoms with Crippen LogP contribution < -0.4 is 10.1 Å². The summed E-state index contributed by atoms with van der Waals surface area (Å²) in [5.41, 5.74) is 0.368. The van der Waals surface area contributed by atoms with Crippen LogP contribution >= 0.6 is 0 Å². The van der Waals surface area contributed by atoms with E-state index >= 15 is 0 Å². The van der Waals surface area contributed by atoms with Crippen molar-refractivity contribution in [2.24, 2.45) is 7.05 Å². The number of para-hydroxylation sites is 1. The van der Waals surface area contributed by atoms with Gasteiger partial charge in [-0.3, -0.25) is 10.1 Å². The highest BCUT2D eigenvalue weighted by atomic mass is 16.5. The molecule has 0 saturated carbocycles. The average Bonchev–Trinajstić information content (AvgIpc) is 2.82. The fraction of sp³-hybridized carbons (Fsp3) is 0.182. The molecule has 0 atom stereocenters. The molecule has 0 bridgehead atoms. The zero-order valence-electron chi connectivity index (χ0n) is 10.1. The number of carbonyl (C=O) groups excluding carboxylic acids is 1. The van der Waals surface area contributed by atoms with E-state index in [9.17, 15) is 4.79 Å². The molecule has 0 unspecified atom stereocenters. The van der Waals surface area contributed by atoms with Crippen LogP contribution in [-0.4, -0.2) is 32.7 Å². The van der Waals surface area contributed by atoms with Crippen LogP contribution in [0, 0.1) is 11.3 Å². The average molecular weight is 258 g/mol. The van der Waals surface area contributed by atoms with Crippen LogP contribution in [0.2, 0.25) is 0 Å². The summed E-state index contributed by atoms with van der Waals surface area (Å²) < 4.78 is 5.25. The molecule has 0 fully saturated rings. The first-order valence-corrected chi connectivity index (χ1v) is 5.35. The van der Waals surface area contributed by atoms with Crippen molar-refractivity contribution in [3.05, 3.63) is 29.8 Å². The molecule has 1 heterocycles. The van der Waals surface area contributed by atoms with Gasteiger partial charge in [-0.15, -0.1) is 5.10 Å². The van der Waals surface area contributed by atoms with Crippen LogP contribution in [0.15, 0.2) is 24.3 Å². The van der Waals surface area contributed by atoms with E-state index in [2.05, 4.69) is 20.7 Å². The Morgan fingerprint density at radius 2 is 2.32 bits per heavy atom. The van der Waals surface area contributed by atoms with Gasteiger partial charge >= 0.3 is 0 Å². The number of tetrazole rings is 1. The van der Waals surface area contributed by atoms with Crippen LogP contribution in [0.25, 0.3) is 0 Å². The molecule has 1 aromatic heterocycles. The number of nitrogens with zero attached hydrogens (tertiary/aromatic N) is 5. The predicted molar refractivity (Wildman–Crippen MR) is 64.1 cm³/mol. The van der Waals surface area contributed by atoms with Gasteiger partial charge in [0.2, 0.25) is 0 Å². The zero-order valence-corrected chi connectivity index (χ0v) is 10.1. The van der Waals surface area contributed by atoms with Gasteiger partial charge in [-0.25, -0.2) is 0 Å². The van der Waals surface area contributed by atoms with Gasteiger partial charge in [0, 0.05) is 0 Å². The number of ether oxygens (including phenoxy) is 1. The normalized spacial score (nSPS) is 9.68. The Kier molecular flexibility index (Phi) is 3.68. The molecular formula is C11H10N6O2. The van der Waals surface area contributed by atoms with Crippen molar-refractivity contribution in [2.45, 2.75) is 0 Å².